The van der Waals surface area contributed by atoms with Crippen molar-refractivity contribution in [3.05, 3.63) is 36.0 Å². The number of anilines is 2. The van der Waals surface area contributed by atoms with Crippen LogP contribution in [0.25, 0.3) is 11.3 Å². The minimum atomic E-state index is -0.591. The average molecular weight is 607 g/mol. The molecular formula is C34H50N6O4. The number of carbonyl (C=O) groups excluding carboxylic acids is 1. The molecule has 0 radical (unpaired) electrons. The van der Waals surface area contributed by atoms with E-state index in [0.717, 1.165) is 67.0 Å². The van der Waals surface area contributed by atoms with Crippen molar-refractivity contribution >= 4 is 17.6 Å². The summed E-state index contributed by atoms with van der Waals surface area (Å²) < 4.78 is 16.7. The van der Waals surface area contributed by atoms with Gasteiger partial charge >= 0.3 is 5.97 Å². The van der Waals surface area contributed by atoms with Gasteiger partial charge in [0.15, 0.2) is 6.10 Å². The second-order valence-corrected chi connectivity index (χ2v) is 13.4. The normalized spacial score (nSPS) is 21.5. The number of pyridine rings is 2. The minimum Gasteiger partial charge on any atom is -0.458 e. The predicted molar refractivity (Wildman–Crippen MR) is 172 cm³/mol. The van der Waals surface area contributed by atoms with Crippen LogP contribution in [0.3, 0.4) is 0 Å². The molecule has 44 heavy (non-hydrogen) atoms. The Bertz CT molecular complexity index is 1280. The number of ether oxygens (including phenoxy) is 3. The van der Waals surface area contributed by atoms with Crippen LogP contribution in [-0.2, 0) is 19.0 Å². The zero-order chi connectivity index (χ0) is 31.7. The number of aryl methyl sites for hydroxylation is 1. The van der Waals surface area contributed by atoms with Crippen molar-refractivity contribution in [3.63, 3.8) is 0 Å². The maximum absolute atomic E-state index is 12.2. The molecule has 3 N–H and O–H groups in total. The molecule has 1 saturated heterocycles. The lowest BCUT2D eigenvalue weighted by Gasteiger charge is -2.32. The summed E-state index contributed by atoms with van der Waals surface area (Å²) in [5, 5.41) is 20.5. The monoisotopic (exact) mass is 606 g/mol. The van der Waals surface area contributed by atoms with Gasteiger partial charge in [-0.25, -0.2) is 14.8 Å². The predicted octanol–water partition coefficient (Wildman–Crippen LogP) is 5.63. The lowest BCUT2D eigenvalue weighted by molar-refractivity contribution is -0.167. The van der Waals surface area contributed by atoms with Crippen LogP contribution in [0.15, 0.2) is 30.5 Å². The molecule has 1 aliphatic heterocycles. The smallest absolute Gasteiger partial charge is 0.335 e. The van der Waals surface area contributed by atoms with E-state index in [1.54, 1.807) is 6.92 Å². The van der Waals surface area contributed by atoms with Crippen LogP contribution < -0.4 is 16.0 Å². The molecule has 1 saturated carbocycles. The molecule has 0 bridgehead atoms. The SMILES string of the molecule is Cc1cnc(N[C@H]2CC[C@H](N[C@H](C)CO[C@H](C)C(=O)OC(C)(C)C)CC2)cc1-c1cccc(NCC2(C#N)CCOCC2)n1. The van der Waals surface area contributed by atoms with Gasteiger partial charge in [0.2, 0.25) is 0 Å². The van der Waals surface area contributed by atoms with Crippen molar-refractivity contribution in [2.24, 2.45) is 5.41 Å². The highest BCUT2D eigenvalue weighted by atomic mass is 16.6. The van der Waals surface area contributed by atoms with E-state index < -0.39 is 17.1 Å². The second-order valence-electron chi connectivity index (χ2n) is 13.4. The van der Waals surface area contributed by atoms with Crippen molar-refractivity contribution in [2.45, 2.75) is 110 Å². The number of rotatable bonds is 12. The van der Waals surface area contributed by atoms with Gasteiger partial charge in [0.25, 0.3) is 0 Å². The molecule has 0 aromatic carbocycles. The van der Waals surface area contributed by atoms with Gasteiger partial charge in [-0.1, -0.05) is 6.07 Å². The van der Waals surface area contributed by atoms with Gasteiger partial charge < -0.3 is 30.2 Å². The Morgan fingerprint density at radius 2 is 1.84 bits per heavy atom. The topological polar surface area (TPSA) is 130 Å². The Hall–Kier alpha value is -3.26. The van der Waals surface area contributed by atoms with Gasteiger partial charge in [-0.3, -0.25) is 0 Å². The van der Waals surface area contributed by atoms with E-state index in [1.807, 2.05) is 45.2 Å². The summed E-state index contributed by atoms with van der Waals surface area (Å²) in [6.45, 7) is 13.7. The first kappa shape index (κ1) is 33.6. The molecule has 10 heteroatoms. The molecule has 2 fully saturated rings. The number of carbonyl (C=O) groups is 1. The molecule has 0 unspecified atom stereocenters. The number of esters is 1. The zero-order valence-corrected chi connectivity index (χ0v) is 27.2. The highest BCUT2D eigenvalue weighted by Crippen LogP contribution is 2.31. The molecule has 4 rings (SSSR count). The standard InChI is InChI=1S/C34H50N6O4/c1-23-19-36-31(18-28(23)29-8-7-9-30(40-29)37-22-34(21-35)14-16-42-17-15-34)39-27-12-10-26(11-13-27)38-24(2)20-43-25(3)32(41)44-33(4,5)6/h7-9,18-19,24-27,38H,10-17,20,22H2,1-6H3,(H,36,39)(H,37,40)/t24-,25-,26-,27-/m1/s1. The van der Waals surface area contributed by atoms with Crippen LogP contribution >= 0.6 is 0 Å². The Morgan fingerprint density at radius 3 is 2.52 bits per heavy atom. The first-order valence-corrected chi connectivity index (χ1v) is 16.0. The third kappa shape index (κ3) is 9.88. The van der Waals surface area contributed by atoms with Crippen molar-refractivity contribution < 1.29 is 19.0 Å². The molecule has 1 aliphatic carbocycles. The summed E-state index contributed by atoms with van der Waals surface area (Å²) in [5.41, 5.74) is 2.04. The molecule has 0 spiro atoms. The summed E-state index contributed by atoms with van der Waals surface area (Å²) in [6, 6.07) is 11.4. The minimum absolute atomic E-state index is 0.135. The van der Waals surface area contributed by atoms with Gasteiger partial charge in [-0.05, 0) is 104 Å². The number of nitrogens with one attached hydrogen (secondary N) is 3. The Kier molecular flexibility index (Phi) is 11.6. The maximum atomic E-state index is 12.2. The fourth-order valence-corrected chi connectivity index (χ4v) is 5.72. The lowest BCUT2D eigenvalue weighted by atomic mass is 9.82. The largest absolute Gasteiger partial charge is 0.458 e. The van der Waals surface area contributed by atoms with Crippen LogP contribution in [0.1, 0.15) is 78.7 Å². The van der Waals surface area contributed by atoms with E-state index >= 15 is 0 Å². The van der Waals surface area contributed by atoms with E-state index in [1.165, 1.54) is 0 Å². The highest BCUT2D eigenvalue weighted by molar-refractivity contribution is 5.74. The number of hydrogen-bond donors (Lipinski definition) is 3. The molecular weight excluding hydrogens is 556 g/mol. The Labute approximate surface area is 262 Å². The second kappa shape index (κ2) is 15.2. The van der Waals surface area contributed by atoms with Crippen molar-refractivity contribution in [1.29, 1.82) is 5.26 Å². The highest BCUT2D eigenvalue weighted by Gasteiger charge is 2.32. The van der Waals surface area contributed by atoms with Crippen LogP contribution in [0.2, 0.25) is 0 Å². The Morgan fingerprint density at radius 1 is 1.14 bits per heavy atom. The first-order valence-electron chi connectivity index (χ1n) is 16.0. The van der Waals surface area contributed by atoms with Crippen molar-refractivity contribution in [3.8, 4) is 17.3 Å². The molecule has 0 amide bonds. The number of hydrogen-bond acceptors (Lipinski definition) is 10. The third-order valence-electron chi connectivity index (χ3n) is 8.36. The first-order chi connectivity index (χ1) is 20.9. The van der Waals surface area contributed by atoms with Crippen LogP contribution in [0, 0.1) is 23.7 Å². The van der Waals surface area contributed by atoms with E-state index in [2.05, 4.69) is 46.9 Å². The average Bonchev–Trinajstić information content (AvgIpc) is 3.00. The zero-order valence-electron chi connectivity index (χ0n) is 27.2. The maximum Gasteiger partial charge on any atom is 0.335 e. The van der Waals surface area contributed by atoms with Crippen LogP contribution in [0.4, 0.5) is 11.6 Å². The fourth-order valence-electron chi connectivity index (χ4n) is 5.72. The van der Waals surface area contributed by atoms with Crippen molar-refractivity contribution in [1.82, 2.24) is 15.3 Å². The third-order valence-corrected chi connectivity index (χ3v) is 8.36. The molecule has 2 aliphatic rings. The van der Waals surface area contributed by atoms with Gasteiger partial charge in [-0.15, -0.1) is 0 Å². The van der Waals surface area contributed by atoms with Gasteiger partial charge in [0.05, 0.1) is 23.8 Å². The fraction of sp³-hybridized carbons (Fsp3) is 0.647. The van der Waals surface area contributed by atoms with Gasteiger partial charge in [-0.2, -0.15) is 5.26 Å². The van der Waals surface area contributed by atoms with Crippen molar-refractivity contribution in [2.75, 3.05) is 37.0 Å². The summed E-state index contributed by atoms with van der Waals surface area (Å²) in [5.74, 6) is 1.29. The summed E-state index contributed by atoms with van der Waals surface area (Å²) >= 11 is 0. The van der Waals surface area contributed by atoms with Gasteiger partial charge in [0, 0.05) is 49.6 Å². The van der Waals surface area contributed by atoms with E-state index in [0.29, 0.717) is 38.4 Å². The van der Waals surface area contributed by atoms with Gasteiger partial charge in [0.1, 0.15) is 17.2 Å². The lowest BCUT2D eigenvalue weighted by Crippen LogP contribution is -2.44. The number of nitriles is 1. The molecule has 2 aromatic rings. The number of aromatic nitrogens is 2. The summed E-state index contributed by atoms with van der Waals surface area (Å²) in [6.07, 6.45) is 6.94. The Balaban J connectivity index is 1.26. The molecule has 2 aromatic heterocycles. The van der Waals surface area contributed by atoms with Crippen LogP contribution in [-0.4, -0.2) is 72.1 Å². The van der Waals surface area contributed by atoms with E-state index in [-0.39, 0.29) is 12.0 Å². The molecule has 3 heterocycles. The number of nitrogens with zero attached hydrogens (tertiary/aromatic N) is 3. The van der Waals surface area contributed by atoms with E-state index in [4.69, 9.17) is 19.2 Å². The quantitative estimate of drug-likeness (QED) is 0.261. The molecule has 240 valence electrons. The summed E-state index contributed by atoms with van der Waals surface area (Å²) in [7, 11) is 0. The molecule has 2 atom stereocenters. The molecule has 10 nitrogen and oxygen atoms in total. The van der Waals surface area contributed by atoms with Crippen LogP contribution in [0.5, 0.6) is 0 Å². The van der Waals surface area contributed by atoms with E-state index in [9.17, 15) is 10.1 Å². The summed E-state index contributed by atoms with van der Waals surface area (Å²) in [4.78, 5) is 21.7.